The number of benzene rings is 1. The molecule has 1 aromatic carbocycles. The van der Waals surface area contributed by atoms with Crippen LogP contribution in [-0.2, 0) is 30.4 Å². The minimum atomic E-state index is -1.03. The number of hydrogen-bond donors (Lipinski definition) is 5. The highest BCUT2D eigenvalue weighted by Crippen LogP contribution is 2.42. The number of carbonyl (C=O) groups is 5. The van der Waals surface area contributed by atoms with Gasteiger partial charge < -0.3 is 37.2 Å². The predicted octanol–water partition coefficient (Wildman–Crippen LogP) is 2.57. The number of nitrogens with one attached hydrogen (secondary N) is 3. The zero-order valence-electron chi connectivity index (χ0n) is 32.4. The van der Waals surface area contributed by atoms with Crippen LogP contribution in [0.5, 0.6) is 0 Å². The summed E-state index contributed by atoms with van der Waals surface area (Å²) in [5, 5.41) is 8.71. The lowest BCUT2D eigenvalue weighted by atomic mass is 9.71. The molecule has 4 atom stereocenters. The molecule has 1 aliphatic carbocycles. The summed E-state index contributed by atoms with van der Waals surface area (Å²) in [6, 6.07) is 5.55. The summed E-state index contributed by atoms with van der Waals surface area (Å²) in [4.78, 5) is 71.7. The third kappa shape index (κ3) is 12.3. The third-order valence-corrected chi connectivity index (χ3v) is 10.7. The zero-order chi connectivity index (χ0) is 39.3. The molecule has 294 valence electrons. The van der Waals surface area contributed by atoms with E-state index in [4.69, 9.17) is 17.9 Å². The predicted molar refractivity (Wildman–Crippen MR) is 210 cm³/mol. The Kier molecular flexibility index (Phi) is 15.9. The van der Waals surface area contributed by atoms with E-state index in [0.717, 1.165) is 44.3 Å². The number of likely N-dealkylation sites (tertiary alicyclic amines) is 2. The van der Waals surface area contributed by atoms with Gasteiger partial charge in [0.25, 0.3) is 0 Å². The Morgan fingerprint density at radius 3 is 2.15 bits per heavy atom. The molecule has 7 N–H and O–H groups in total. The number of amides is 5. The van der Waals surface area contributed by atoms with Crippen LogP contribution in [0.2, 0.25) is 0 Å². The molecule has 0 unspecified atom stereocenters. The first-order chi connectivity index (χ1) is 25.9. The van der Waals surface area contributed by atoms with Gasteiger partial charge in [0.2, 0.25) is 29.5 Å². The van der Waals surface area contributed by atoms with Crippen molar-refractivity contribution in [3.05, 3.63) is 59.7 Å². The third-order valence-electron chi connectivity index (χ3n) is 10.7. The van der Waals surface area contributed by atoms with E-state index in [9.17, 15) is 24.0 Å². The highest BCUT2D eigenvalue weighted by atomic mass is 16.2. The van der Waals surface area contributed by atoms with Crippen LogP contribution in [0.1, 0.15) is 84.1 Å². The molecule has 1 spiro atoms. The Balaban J connectivity index is 1.43. The molecule has 2 aliphatic heterocycles. The lowest BCUT2D eigenvalue weighted by Crippen LogP contribution is -2.65. The molecular weight excluding hydrogens is 683 g/mol. The number of nitrogens with two attached hydrogens (primary N) is 2. The molecule has 3 aliphatic rings. The molecule has 12 heteroatoms. The molecule has 0 radical (unpaired) electrons. The van der Waals surface area contributed by atoms with E-state index >= 15 is 0 Å². The average molecular weight is 744 g/mol. The van der Waals surface area contributed by atoms with Crippen molar-refractivity contribution in [3.63, 3.8) is 0 Å². The summed E-state index contributed by atoms with van der Waals surface area (Å²) in [6.45, 7) is 8.86. The summed E-state index contributed by atoms with van der Waals surface area (Å²) in [5.41, 5.74) is 13.6. The average Bonchev–Trinajstić information content (AvgIpc) is 3.99. The minimum absolute atomic E-state index is 0.00254. The van der Waals surface area contributed by atoms with Crippen molar-refractivity contribution in [1.82, 2.24) is 25.8 Å². The van der Waals surface area contributed by atoms with Crippen LogP contribution in [0.15, 0.2) is 54.1 Å². The number of terminal acetylenes is 1. The smallest absolute Gasteiger partial charge is 0.245 e. The largest absolute Gasteiger partial charge is 0.343 e. The monoisotopic (exact) mass is 743 g/mol. The number of hydrogen-bond acceptors (Lipinski definition) is 7. The van der Waals surface area contributed by atoms with E-state index in [1.54, 1.807) is 18.2 Å². The van der Waals surface area contributed by atoms with Gasteiger partial charge in [-0.15, -0.1) is 6.42 Å². The summed E-state index contributed by atoms with van der Waals surface area (Å²) >= 11 is 0. The molecule has 1 saturated carbocycles. The van der Waals surface area contributed by atoms with Crippen LogP contribution < -0.4 is 27.4 Å². The minimum Gasteiger partial charge on any atom is -0.343 e. The Morgan fingerprint density at radius 2 is 1.56 bits per heavy atom. The van der Waals surface area contributed by atoms with Gasteiger partial charge in [0.05, 0.1) is 6.04 Å². The molecule has 54 heavy (non-hydrogen) atoms. The topological polar surface area (TPSA) is 180 Å². The Morgan fingerprint density at radius 1 is 0.926 bits per heavy atom. The Labute approximate surface area is 321 Å². The van der Waals surface area contributed by atoms with E-state index in [1.165, 1.54) is 0 Å². The molecule has 12 nitrogen and oxygen atoms in total. The quantitative estimate of drug-likeness (QED) is 0.0821. The summed E-state index contributed by atoms with van der Waals surface area (Å²) in [5.74, 6) is 1.31. The van der Waals surface area contributed by atoms with E-state index in [2.05, 4.69) is 21.9 Å². The van der Waals surface area contributed by atoms with Gasteiger partial charge in [-0.2, -0.15) is 0 Å². The molecule has 2 heterocycles. The molecular formula is C42H61N7O5. The lowest BCUT2D eigenvalue weighted by molar-refractivity contribution is -0.153. The second-order valence-electron chi connectivity index (χ2n) is 15.8. The van der Waals surface area contributed by atoms with Crippen LogP contribution in [0.3, 0.4) is 0 Å². The number of piperidine rings is 1. The fourth-order valence-corrected chi connectivity index (χ4v) is 7.42. The highest BCUT2D eigenvalue weighted by Gasteiger charge is 2.49. The molecule has 3 fully saturated rings. The zero-order valence-corrected chi connectivity index (χ0v) is 32.4. The first-order valence-electron chi connectivity index (χ1n) is 19.6. The van der Waals surface area contributed by atoms with E-state index in [1.807, 2.05) is 60.9 Å². The number of carbonyl (C=O) groups excluding carboxylic acids is 5. The van der Waals surface area contributed by atoms with Crippen LogP contribution in [-0.4, -0.2) is 96.2 Å². The fraction of sp³-hybridized carbons (Fsp3) is 0.595. The summed E-state index contributed by atoms with van der Waals surface area (Å²) in [6.07, 6.45) is 16.8. The highest BCUT2D eigenvalue weighted by molar-refractivity contribution is 5.95. The lowest BCUT2D eigenvalue weighted by Gasteiger charge is -2.54. The summed E-state index contributed by atoms with van der Waals surface area (Å²) < 4.78 is 0. The molecule has 1 aromatic rings. The maximum Gasteiger partial charge on any atom is 0.245 e. The first kappa shape index (κ1) is 42.3. The number of nitrogens with zero attached hydrogens (tertiary/aromatic N) is 2. The molecule has 5 amide bonds. The van der Waals surface area contributed by atoms with E-state index in [0.29, 0.717) is 50.9 Å². The normalized spacial score (nSPS) is 19.0. The molecule has 4 rings (SSSR count). The van der Waals surface area contributed by atoms with E-state index < -0.39 is 41.9 Å². The van der Waals surface area contributed by atoms with Crippen LogP contribution >= 0.6 is 0 Å². The fourth-order valence-electron chi connectivity index (χ4n) is 7.42. The van der Waals surface area contributed by atoms with Gasteiger partial charge in [0.15, 0.2) is 0 Å². The second-order valence-corrected chi connectivity index (χ2v) is 15.8. The van der Waals surface area contributed by atoms with Crippen molar-refractivity contribution in [1.29, 1.82) is 0 Å². The van der Waals surface area contributed by atoms with Crippen molar-refractivity contribution in [3.8, 4) is 12.3 Å². The van der Waals surface area contributed by atoms with Crippen LogP contribution in [0.25, 0.3) is 0 Å². The Hall–Kier alpha value is -4.47. The van der Waals surface area contributed by atoms with Gasteiger partial charge in [-0.05, 0) is 94.4 Å². The number of allylic oxidation sites excluding steroid dienone is 3. The SMILES string of the molecule is C#C/C=C(\C=C/C)C[C@@H](N)C(=O)N[C@H](Cc1ccccc1)C(=O)N[C@H](CC(C)C)C(=O)N[C@H](CCCCN)C(=O)N1CC2(CCN(C(=O)C3CC3)CC2)C1. The molecule has 0 bridgehead atoms. The van der Waals surface area contributed by atoms with Crippen molar-refractivity contribution in [2.75, 3.05) is 32.7 Å². The van der Waals surface area contributed by atoms with Gasteiger partial charge in [0, 0.05) is 43.9 Å². The van der Waals surface area contributed by atoms with Crippen molar-refractivity contribution in [2.45, 2.75) is 109 Å². The van der Waals surface area contributed by atoms with Gasteiger partial charge in [-0.3, -0.25) is 24.0 Å². The van der Waals surface area contributed by atoms with Gasteiger partial charge in [0.1, 0.15) is 18.1 Å². The van der Waals surface area contributed by atoms with Crippen LogP contribution in [0.4, 0.5) is 0 Å². The van der Waals surface area contributed by atoms with Crippen molar-refractivity contribution >= 4 is 29.5 Å². The summed E-state index contributed by atoms with van der Waals surface area (Å²) in [7, 11) is 0. The van der Waals surface area contributed by atoms with E-state index in [-0.39, 0.29) is 41.9 Å². The van der Waals surface area contributed by atoms with Gasteiger partial charge in [-0.1, -0.05) is 62.3 Å². The van der Waals surface area contributed by atoms with Crippen LogP contribution in [0, 0.1) is 29.6 Å². The van der Waals surface area contributed by atoms with Crippen molar-refractivity contribution < 1.29 is 24.0 Å². The molecule has 2 saturated heterocycles. The maximum absolute atomic E-state index is 14.0. The number of rotatable bonds is 19. The van der Waals surface area contributed by atoms with Crippen molar-refractivity contribution in [2.24, 2.45) is 28.7 Å². The second kappa shape index (κ2) is 20.3. The van der Waals surface area contributed by atoms with Gasteiger partial charge >= 0.3 is 0 Å². The molecule has 0 aromatic heterocycles. The standard InChI is InChI=1S/C42H61N7O5/c1-5-12-30(13-6-2)25-33(44)37(50)46-36(26-31-14-8-7-9-15-31)39(52)47-35(24-29(3)4)38(51)45-34(16-10-11-21-43)41(54)49-27-42(28-49)19-22-48(23-20-42)40(53)32-17-18-32/h1,6-9,12-15,29,32-36H,10-11,16-28,43-44H2,2-4H3,(H,45,51)(H,46,50)(H,47,52)/b13-6-,30-12+/t33-,34-,35-,36-/m1/s1. The first-order valence-corrected chi connectivity index (χ1v) is 19.6. The maximum atomic E-state index is 14.0. The Bertz CT molecular complexity index is 1550. The van der Waals surface area contributed by atoms with Gasteiger partial charge in [-0.25, -0.2) is 0 Å². The number of unbranched alkanes of at least 4 members (excludes halogenated alkanes) is 1.